The summed E-state index contributed by atoms with van der Waals surface area (Å²) in [7, 11) is 1.61. The van der Waals surface area contributed by atoms with Crippen LogP contribution in [0.4, 0.5) is 5.82 Å². The third-order valence-electron chi connectivity index (χ3n) is 7.21. The van der Waals surface area contributed by atoms with E-state index in [0.717, 1.165) is 18.6 Å². The van der Waals surface area contributed by atoms with Crippen molar-refractivity contribution in [1.82, 2.24) is 30.3 Å². The monoisotopic (exact) mass is 541 g/mol. The number of hydrogen-bond donors (Lipinski definition) is 4. The molecule has 1 amide bonds. The third-order valence-corrected chi connectivity index (χ3v) is 8.26. The minimum absolute atomic E-state index is 0.222. The number of nitrogens with one attached hydrogen (secondary N) is 2. The quantitative estimate of drug-likeness (QED) is 0.153. The van der Waals surface area contributed by atoms with Gasteiger partial charge in [0, 0.05) is 38.0 Å². The predicted molar refractivity (Wildman–Crippen MR) is 144 cm³/mol. The summed E-state index contributed by atoms with van der Waals surface area (Å²) in [5, 5.41) is 37.3. The smallest absolute Gasteiger partial charge is 0.225 e. The minimum atomic E-state index is -1.21. The molecule has 0 spiro atoms. The van der Waals surface area contributed by atoms with E-state index in [2.05, 4.69) is 40.0 Å². The van der Waals surface area contributed by atoms with Gasteiger partial charge in [0.2, 0.25) is 5.91 Å². The molecule has 0 aliphatic heterocycles. The van der Waals surface area contributed by atoms with Crippen LogP contribution in [0.25, 0.3) is 11.2 Å². The summed E-state index contributed by atoms with van der Waals surface area (Å²) < 4.78 is 6.56. The zero-order valence-electron chi connectivity index (χ0n) is 21.7. The van der Waals surface area contributed by atoms with Crippen molar-refractivity contribution in [2.45, 2.75) is 68.0 Å². The van der Waals surface area contributed by atoms with Gasteiger partial charge in [0.1, 0.15) is 6.10 Å². The van der Waals surface area contributed by atoms with Crippen LogP contribution in [0, 0.1) is 5.92 Å². The van der Waals surface area contributed by atoms with Crippen LogP contribution in [-0.2, 0) is 9.53 Å². The summed E-state index contributed by atoms with van der Waals surface area (Å²) in [6.07, 6.45) is 0.462. The number of aliphatic hydroxyl groups is 2. The van der Waals surface area contributed by atoms with E-state index in [1.54, 1.807) is 23.6 Å². The summed E-state index contributed by atoms with van der Waals surface area (Å²) in [5.41, 5.74) is 2.28. The van der Waals surface area contributed by atoms with E-state index >= 15 is 0 Å². The molecule has 11 nitrogen and oxygen atoms in total. The average Bonchev–Trinajstić information content (AvgIpc) is 3.47. The lowest BCUT2D eigenvalue weighted by atomic mass is 10.0. The molecule has 6 atom stereocenters. The summed E-state index contributed by atoms with van der Waals surface area (Å²) >= 11 is 1.55. The van der Waals surface area contributed by atoms with E-state index in [0.29, 0.717) is 47.6 Å². The van der Waals surface area contributed by atoms with Crippen molar-refractivity contribution >= 4 is 34.7 Å². The van der Waals surface area contributed by atoms with E-state index in [4.69, 9.17) is 14.7 Å². The highest BCUT2D eigenvalue weighted by Crippen LogP contribution is 2.43. The second kappa shape index (κ2) is 11.9. The first-order valence-electron chi connectivity index (χ1n) is 13.2. The summed E-state index contributed by atoms with van der Waals surface area (Å²) in [6, 6.07) is 9.97. The molecule has 4 N–H and O–H groups in total. The van der Waals surface area contributed by atoms with Gasteiger partial charge < -0.3 is 25.6 Å². The molecule has 2 fully saturated rings. The number of benzene rings is 1. The van der Waals surface area contributed by atoms with Crippen LogP contribution >= 0.6 is 11.8 Å². The molecule has 38 heavy (non-hydrogen) atoms. The molecule has 6 unspecified atom stereocenters. The molecular formula is C26H35N7O4S. The second-order valence-electron chi connectivity index (χ2n) is 9.94. The van der Waals surface area contributed by atoms with Crippen LogP contribution < -0.4 is 10.6 Å². The molecular weight excluding hydrogens is 506 g/mol. The maximum absolute atomic E-state index is 12.7. The van der Waals surface area contributed by atoms with Crippen molar-refractivity contribution in [2.24, 2.45) is 5.92 Å². The Kier molecular flexibility index (Phi) is 8.42. The first-order chi connectivity index (χ1) is 18.5. The molecule has 0 bridgehead atoms. The average molecular weight is 542 g/mol. The molecule has 2 aliphatic rings. The minimum Gasteiger partial charge on any atom is -0.390 e. The Bertz CT molecular complexity index is 1240. The summed E-state index contributed by atoms with van der Waals surface area (Å²) in [6.45, 7) is 3.07. The van der Waals surface area contributed by atoms with Gasteiger partial charge in [-0.1, -0.05) is 54.2 Å². The number of thioether (sulfide) groups is 1. The number of aliphatic hydroxyl groups excluding tert-OH is 2. The van der Waals surface area contributed by atoms with E-state index < -0.39 is 24.2 Å². The van der Waals surface area contributed by atoms with Gasteiger partial charge in [0.15, 0.2) is 22.1 Å². The van der Waals surface area contributed by atoms with E-state index in [1.807, 2.05) is 18.2 Å². The molecule has 3 aromatic rings. The second-order valence-corrected chi connectivity index (χ2v) is 11.0. The lowest BCUT2D eigenvalue weighted by Crippen LogP contribution is -2.38. The van der Waals surface area contributed by atoms with Crippen molar-refractivity contribution in [2.75, 3.05) is 31.3 Å². The van der Waals surface area contributed by atoms with Gasteiger partial charge in [-0.05, 0) is 31.2 Å². The van der Waals surface area contributed by atoms with E-state index in [9.17, 15) is 15.0 Å². The van der Waals surface area contributed by atoms with Gasteiger partial charge in [-0.2, -0.15) is 0 Å². The number of carbonyl (C=O) groups excluding carboxylic acids is 1. The fourth-order valence-corrected chi connectivity index (χ4v) is 5.75. The number of fused-ring (bicyclic) bond motifs is 1. The molecule has 5 rings (SSSR count). The number of rotatable bonds is 12. The lowest BCUT2D eigenvalue weighted by molar-refractivity contribution is -0.128. The standard InChI is InChI=1S/C26H35N7O4S/c1-3-12-38-26-29-23(28-18-13-16(18)15-8-5-4-6-9-15)20-24(30-26)33(32-31-20)19-14-17(21(34)22(19)35)25(36)27-10-7-11-37-2/h4-6,8-9,16-19,21-22,34-35H,3,7,10-14H2,1-2H3,(H,27,36)(H,28,29,30). The summed E-state index contributed by atoms with van der Waals surface area (Å²) in [5.74, 6) is 0.819. The number of nitrogens with zero attached hydrogens (tertiary/aromatic N) is 5. The molecule has 2 aromatic heterocycles. The topological polar surface area (TPSA) is 147 Å². The van der Waals surface area contributed by atoms with Crippen molar-refractivity contribution in [3.63, 3.8) is 0 Å². The normalized spacial score (nSPS) is 26.5. The maximum atomic E-state index is 12.7. The first-order valence-corrected chi connectivity index (χ1v) is 14.2. The zero-order valence-corrected chi connectivity index (χ0v) is 22.5. The van der Waals surface area contributed by atoms with Crippen molar-refractivity contribution in [3.05, 3.63) is 35.9 Å². The number of amides is 1. The first kappa shape index (κ1) is 26.8. The highest BCUT2D eigenvalue weighted by molar-refractivity contribution is 7.99. The number of hydrogen-bond acceptors (Lipinski definition) is 10. The Hall–Kier alpha value is -2.80. The highest BCUT2D eigenvalue weighted by atomic mass is 32.2. The Morgan fingerprint density at radius 2 is 2.00 bits per heavy atom. The number of carbonyl (C=O) groups is 1. The number of ether oxygens (including phenoxy) is 1. The molecule has 0 saturated heterocycles. The Morgan fingerprint density at radius 3 is 2.76 bits per heavy atom. The van der Waals surface area contributed by atoms with Crippen LogP contribution in [0.15, 0.2) is 35.5 Å². The molecule has 2 aliphatic carbocycles. The number of aromatic nitrogens is 5. The Balaban J connectivity index is 1.38. The van der Waals surface area contributed by atoms with Crippen LogP contribution in [0.2, 0.25) is 0 Å². The van der Waals surface area contributed by atoms with Crippen molar-refractivity contribution < 1.29 is 19.7 Å². The fourth-order valence-electron chi connectivity index (χ4n) is 5.06. The largest absolute Gasteiger partial charge is 0.390 e. The molecule has 204 valence electrons. The molecule has 12 heteroatoms. The van der Waals surface area contributed by atoms with E-state index in [1.165, 1.54) is 5.56 Å². The zero-order chi connectivity index (χ0) is 26.6. The van der Waals surface area contributed by atoms with Crippen LogP contribution in [0.3, 0.4) is 0 Å². The molecule has 1 aromatic carbocycles. The van der Waals surface area contributed by atoms with Crippen molar-refractivity contribution in [1.29, 1.82) is 0 Å². The number of methoxy groups -OCH3 is 1. The van der Waals surface area contributed by atoms with Gasteiger partial charge in [-0.3, -0.25) is 4.79 Å². The van der Waals surface area contributed by atoms with Gasteiger partial charge in [-0.15, -0.1) is 5.10 Å². The Labute approximate surface area is 225 Å². The third kappa shape index (κ3) is 5.63. The molecule has 2 heterocycles. The molecule has 0 radical (unpaired) electrons. The number of anilines is 1. The van der Waals surface area contributed by atoms with Crippen molar-refractivity contribution in [3.8, 4) is 0 Å². The molecule has 2 saturated carbocycles. The highest BCUT2D eigenvalue weighted by Gasteiger charge is 2.47. The predicted octanol–water partition coefficient (Wildman–Crippen LogP) is 2.13. The summed E-state index contributed by atoms with van der Waals surface area (Å²) in [4.78, 5) is 22.2. The van der Waals surface area contributed by atoms with E-state index in [-0.39, 0.29) is 18.4 Å². The van der Waals surface area contributed by atoms with Crippen LogP contribution in [0.5, 0.6) is 0 Å². The lowest BCUT2D eigenvalue weighted by Gasteiger charge is -2.17. The van der Waals surface area contributed by atoms with Gasteiger partial charge in [0.05, 0.1) is 18.1 Å². The fraction of sp³-hybridized carbons (Fsp3) is 0.577. The SMILES string of the molecule is CCCSc1nc(NC2CC2c2ccccc2)c2nnn(C3CC(C(=O)NCCCOC)C(O)C3O)c2n1. The van der Waals surface area contributed by atoms with Gasteiger partial charge in [0.25, 0.3) is 0 Å². The van der Waals surface area contributed by atoms with Gasteiger partial charge >= 0.3 is 0 Å². The van der Waals surface area contributed by atoms with Gasteiger partial charge in [-0.25, -0.2) is 14.6 Å². The maximum Gasteiger partial charge on any atom is 0.225 e. The van der Waals surface area contributed by atoms with Crippen LogP contribution in [0.1, 0.15) is 50.1 Å². The van der Waals surface area contributed by atoms with Crippen LogP contribution in [-0.4, -0.2) is 85.3 Å². The Morgan fingerprint density at radius 1 is 1.18 bits per heavy atom.